The van der Waals surface area contributed by atoms with Crippen LogP contribution < -0.4 is 15.8 Å². The van der Waals surface area contributed by atoms with Crippen molar-refractivity contribution in [3.8, 4) is 5.75 Å². The fourth-order valence-corrected chi connectivity index (χ4v) is 0.825. The van der Waals surface area contributed by atoms with Crippen LogP contribution in [0.1, 0.15) is 10.4 Å². The van der Waals surface area contributed by atoms with Gasteiger partial charge in [0.2, 0.25) is 0 Å². The lowest BCUT2D eigenvalue weighted by molar-refractivity contribution is 0.112. The number of carbonyl (C=O) groups is 1. The molecule has 0 unspecified atom stereocenters. The number of benzene rings is 1. The summed E-state index contributed by atoms with van der Waals surface area (Å²) in [7, 11) is 5.25. The Morgan fingerprint density at radius 3 is 2.43 bits per heavy atom. The Hall–Kier alpha value is -1.55. The van der Waals surface area contributed by atoms with Crippen molar-refractivity contribution in [1.29, 1.82) is 0 Å². The van der Waals surface area contributed by atoms with Crippen LogP contribution in [0.15, 0.2) is 18.2 Å². The Bertz CT molecular complexity index is 287. The Morgan fingerprint density at radius 1 is 1.43 bits per heavy atom. The lowest BCUT2D eigenvalue weighted by Crippen LogP contribution is -1.92. The zero-order chi connectivity index (χ0) is 11.0. The van der Waals surface area contributed by atoms with Crippen LogP contribution in [0.2, 0.25) is 0 Å². The molecule has 0 aliphatic rings. The van der Waals surface area contributed by atoms with Gasteiger partial charge in [0.25, 0.3) is 0 Å². The quantitative estimate of drug-likeness (QED) is 0.545. The second kappa shape index (κ2) is 6.91. The number of aldehydes is 1. The fraction of sp³-hybridized carbons (Fsp3) is 0.300. The molecule has 4 nitrogen and oxygen atoms in total. The molecule has 0 spiro atoms. The number of methoxy groups -OCH3 is 1. The molecule has 0 amide bonds. The van der Waals surface area contributed by atoms with E-state index in [-0.39, 0.29) is 0 Å². The first-order valence-electron chi connectivity index (χ1n) is 4.16. The largest absolute Gasteiger partial charge is 0.496 e. The van der Waals surface area contributed by atoms with Crippen LogP contribution in [-0.4, -0.2) is 27.5 Å². The van der Waals surface area contributed by atoms with E-state index in [1.54, 1.807) is 18.2 Å². The van der Waals surface area contributed by atoms with E-state index in [1.807, 2.05) is 14.1 Å². The minimum Gasteiger partial charge on any atom is -0.496 e. The van der Waals surface area contributed by atoms with Gasteiger partial charge in [0.15, 0.2) is 6.29 Å². The SMILES string of the molecule is CNC.COc1cc(N)ccc1C=O. The molecule has 1 rings (SSSR count). The van der Waals surface area contributed by atoms with E-state index >= 15 is 0 Å². The van der Waals surface area contributed by atoms with E-state index in [4.69, 9.17) is 10.5 Å². The smallest absolute Gasteiger partial charge is 0.153 e. The Balaban J connectivity index is 0.000000500. The summed E-state index contributed by atoms with van der Waals surface area (Å²) in [5.74, 6) is 0.514. The highest BCUT2D eigenvalue weighted by atomic mass is 16.5. The molecule has 14 heavy (non-hydrogen) atoms. The zero-order valence-electron chi connectivity index (χ0n) is 8.70. The lowest BCUT2D eigenvalue weighted by Gasteiger charge is -2.02. The molecule has 0 aliphatic carbocycles. The maximum absolute atomic E-state index is 10.4. The van der Waals surface area contributed by atoms with E-state index in [0.717, 1.165) is 6.29 Å². The highest BCUT2D eigenvalue weighted by Crippen LogP contribution is 2.18. The van der Waals surface area contributed by atoms with Gasteiger partial charge in [0, 0.05) is 11.8 Å². The number of nitrogen functional groups attached to an aromatic ring is 1. The van der Waals surface area contributed by atoms with E-state index < -0.39 is 0 Å². The maximum atomic E-state index is 10.4. The number of carbonyl (C=O) groups excluding carboxylic acids is 1. The zero-order valence-corrected chi connectivity index (χ0v) is 8.70. The van der Waals surface area contributed by atoms with Gasteiger partial charge in [0.05, 0.1) is 12.7 Å². The lowest BCUT2D eigenvalue weighted by atomic mass is 10.2. The van der Waals surface area contributed by atoms with Crippen molar-refractivity contribution >= 4 is 12.0 Å². The van der Waals surface area contributed by atoms with Crippen molar-refractivity contribution in [2.75, 3.05) is 26.9 Å². The predicted octanol–water partition coefficient (Wildman–Crippen LogP) is 0.925. The fourth-order valence-electron chi connectivity index (χ4n) is 0.825. The van der Waals surface area contributed by atoms with Crippen molar-refractivity contribution in [3.05, 3.63) is 23.8 Å². The Kier molecular flexibility index (Phi) is 6.15. The molecule has 0 radical (unpaired) electrons. The van der Waals surface area contributed by atoms with Gasteiger partial charge in [-0.05, 0) is 26.2 Å². The summed E-state index contributed by atoms with van der Waals surface area (Å²) < 4.78 is 4.91. The third kappa shape index (κ3) is 3.91. The van der Waals surface area contributed by atoms with E-state index in [2.05, 4.69) is 5.32 Å². The molecule has 0 aromatic heterocycles. The number of hydrogen-bond acceptors (Lipinski definition) is 4. The van der Waals surface area contributed by atoms with Gasteiger partial charge in [-0.25, -0.2) is 0 Å². The molecule has 0 atom stereocenters. The van der Waals surface area contributed by atoms with Crippen LogP contribution in [0, 0.1) is 0 Å². The topological polar surface area (TPSA) is 64.3 Å². The first-order chi connectivity index (χ1) is 6.69. The summed E-state index contributed by atoms with van der Waals surface area (Å²) in [5.41, 5.74) is 6.57. The van der Waals surface area contributed by atoms with Crippen LogP contribution in [0.3, 0.4) is 0 Å². The highest BCUT2D eigenvalue weighted by molar-refractivity contribution is 5.80. The monoisotopic (exact) mass is 196 g/mol. The molecule has 0 heterocycles. The van der Waals surface area contributed by atoms with Crippen LogP contribution in [0.5, 0.6) is 5.75 Å². The summed E-state index contributed by atoms with van der Waals surface area (Å²) in [5, 5.41) is 2.75. The summed E-state index contributed by atoms with van der Waals surface area (Å²) in [6, 6.07) is 4.90. The number of ether oxygens (including phenoxy) is 1. The molecule has 0 saturated heterocycles. The maximum Gasteiger partial charge on any atom is 0.153 e. The van der Waals surface area contributed by atoms with Crippen molar-refractivity contribution in [2.45, 2.75) is 0 Å². The molecular formula is C10H16N2O2. The second-order valence-electron chi connectivity index (χ2n) is 2.62. The standard InChI is InChI=1S/C8H9NO2.C2H7N/c1-11-8-4-7(9)3-2-6(8)5-10;1-3-2/h2-5H,9H2,1H3;3H,1-2H3. The molecule has 0 aliphatic heterocycles. The second-order valence-corrected chi connectivity index (χ2v) is 2.62. The summed E-state index contributed by atoms with van der Waals surface area (Å²) in [6.45, 7) is 0. The summed E-state index contributed by atoms with van der Waals surface area (Å²) in [4.78, 5) is 10.4. The van der Waals surface area contributed by atoms with Crippen LogP contribution >= 0.6 is 0 Å². The number of nitrogens with one attached hydrogen (secondary N) is 1. The third-order valence-corrected chi connectivity index (χ3v) is 1.38. The van der Waals surface area contributed by atoms with Crippen LogP contribution in [0.25, 0.3) is 0 Å². The van der Waals surface area contributed by atoms with Gasteiger partial charge in [-0.1, -0.05) is 0 Å². The number of nitrogens with two attached hydrogens (primary N) is 1. The van der Waals surface area contributed by atoms with Crippen molar-refractivity contribution in [3.63, 3.8) is 0 Å². The number of rotatable bonds is 2. The molecule has 0 saturated carbocycles. The van der Waals surface area contributed by atoms with Crippen molar-refractivity contribution < 1.29 is 9.53 Å². The third-order valence-electron chi connectivity index (χ3n) is 1.38. The highest BCUT2D eigenvalue weighted by Gasteiger charge is 1.99. The van der Waals surface area contributed by atoms with E-state index in [0.29, 0.717) is 17.0 Å². The molecule has 3 N–H and O–H groups in total. The molecule has 78 valence electrons. The molecule has 1 aromatic carbocycles. The normalized spacial score (nSPS) is 8.50. The predicted molar refractivity (Wildman–Crippen MR) is 57.8 cm³/mol. The van der Waals surface area contributed by atoms with Gasteiger partial charge in [-0.2, -0.15) is 0 Å². The van der Waals surface area contributed by atoms with Gasteiger partial charge in [0.1, 0.15) is 5.75 Å². The van der Waals surface area contributed by atoms with Crippen molar-refractivity contribution in [2.24, 2.45) is 0 Å². The molecular weight excluding hydrogens is 180 g/mol. The minimum atomic E-state index is 0.514. The first kappa shape index (κ1) is 12.4. The van der Waals surface area contributed by atoms with Gasteiger partial charge in [-0.15, -0.1) is 0 Å². The van der Waals surface area contributed by atoms with Crippen LogP contribution in [0.4, 0.5) is 5.69 Å². The molecule has 1 aromatic rings. The van der Waals surface area contributed by atoms with Crippen molar-refractivity contribution in [1.82, 2.24) is 5.32 Å². The van der Waals surface area contributed by atoms with E-state index in [1.165, 1.54) is 7.11 Å². The molecule has 4 heteroatoms. The van der Waals surface area contributed by atoms with Gasteiger partial charge >= 0.3 is 0 Å². The average Bonchev–Trinajstić information content (AvgIpc) is 2.19. The number of hydrogen-bond donors (Lipinski definition) is 2. The summed E-state index contributed by atoms with van der Waals surface area (Å²) in [6.07, 6.45) is 0.734. The van der Waals surface area contributed by atoms with E-state index in [9.17, 15) is 4.79 Å². The Labute approximate surface area is 84.1 Å². The molecule has 0 fully saturated rings. The molecule has 0 bridgehead atoms. The first-order valence-corrected chi connectivity index (χ1v) is 4.16. The van der Waals surface area contributed by atoms with Crippen LogP contribution in [-0.2, 0) is 0 Å². The van der Waals surface area contributed by atoms with Gasteiger partial charge in [-0.3, -0.25) is 4.79 Å². The minimum absolute atomic E-state index is 0.514. The summed E-state index contributed by atoms with van der Waals surface area (Å²) >= 11 is 0. The number of anilines is 1. The van der Waals surface area contributed by atoms with Gasteiger partial charge < -0.3 is 15.8 Å². The average molecular weight is 196 g/mol. The Morgan fingerprint density at radius 2 is 2.00 bits per heavy atom.